The highest BCUT2D eigenvalue weighted by molar-refractivity contribution is 7.99. The van der Waals surface area contributed by atoms with Gasteiger partial charge < -0.3 is 5.11 Å². The Labute approximate surface area is 93.9 Å². The zero-order valence-electron chi connectivity index (χ0n) is 8.93. The third-order valence-corrected chi connectivity index (χ3v) is 3.85. The van der Waals surface area contributed by atoms with Crippen LogP contribution in [0.5, 0.6) is 0 Å². The van der Waals surface area contributed by atoms with Gasteiger partial charge in [0.15, 0.2) is 6.29 Å². The lowest BCUT2D eigenvalue weighted by atomic mass is 10.2. The molecule has 1 aromatic rings. The molecule has 3 nitrogen and oxygen atoms in total. The molecule has 1 N–H and O–H groups in total. The summed E-state index contributed by atoms with van der Waals surface area (Å²) in [7, 11) is 1.00. The second-order valence-electron chi connectivity index (χ2n) is 3.26. The van der Waals surface area contributed by atoms with Crippen molar-refractivity contribution in [1.82, 2.24) is 4.98 Å². The van der Waals surface area contributed by atoms with Crippen LogP contribution in [0.4, 0.5) is 0 Å². The maximum atomic E-state index is 10.5. The molecule has 0 amide bonds. The molecule has 0 spiro atoms. The van der Waals surface area contributed by atoms with Crippen molar-refractivity contribution < 1.29 is 9.90 Å². The van der Waals surface area contributed by atoms with E-state index in [1.165, 1.54) is 12.8 Å². The van der Waals surface area contributed by atoms with Crippen LogP contribution < -0.4 is 0 Å². The zero-order valence-corrected chi connectivity index (χ0v) is 9.75. The minimum Gasteiger partial charge on any atom is -0.400 e. The number of hydrogen-bond donors (Lipinski definition) is 1. The normalized spacial score (nSPS) is 16.2. The fourth-order valence-electron chi connectivity index (χ4n) is 1.45. The Morgan fingerprint density at radius 3 is 2.60 bits per heavy atom. The first-order valence-corrected chi connectivity index (χ1v) is 5.96. The quantitative estimate of drug-likeness (QED) is 0.798. The summed E-state index contributed by atoms with van der Waals surface area (Å²) in [4.78, 5) is 14.8. The van der Waals surface area contributed by atoms with Gasteiger partial charge in [-0.3, -0.25) is 4.79 Å². The molecule has 2 rings (SSSR count). The minimum atomic E-state index is 0.221. The molecular formula is C11H15NO2S. The first kappa shape index (κ1) is 12.2. The standard InChI is InChI=1S/C10H11NOS.CH4O/c1-13-10(5-6-10)9-4-2-3-8(7-12)11-9;1-2/h2-4,7H,5-6H2,1H3;2H,1H3. The smallest absolute Gasteiger partial charge is 0.168 e. The van der Waals surface area contributed by atoms with Gasteiger partial charge in [0.2, 0.25) is 0 Å². The lowest BCUT2D eigenvalue weighted by Gasteiger charge is -2.10. The maximum absolute atomic E-state index is 10.5. The van der Waals surface area contributed by atoms with Crippen molar-refractivity contribution in [2.75, 3.05) is 13.4 Å². The summed E-state index contributed by atoms with van der Waals surface area (Å²) in [5.41, 5.74) is 1.60. The molecular weight excluding hydrogens is 210 g/mol. The summed E-state index contributed by atoms with van der Waals surface area (Å²) in [6.45, 7) is 0. The summed E-state index contributed by atoms with van der Waals surface area (Å²) in [5.74, 6) is 0. The van der Waals surface area contributed by atoms with E-state index in [4.69, 9.17) is 5.11 Å². The van der Waals surface area contributed by atoms with Gasteiger partial charge in [-0.05, 0) is 31.2 Å². The number of aliphatic hydroxyl groups is 1. The first-order valence-electron chi connectivity index (χ1n) is 4.73. The largest absolute Gasteiger partial charge is 0.400 e. The summed E-state index contributed by atoms with van der Waals surface area (Å²) in [6.07, 6.45) is 5.27. The molecule has 1 heterocycles. The van der Waals surface area contributed by atoms with Crippen molar-refractivity contribution in [2.45, 2.75) is 17.6 Å². The van der Waals surface area contributed by atoms with E-state index in [1.807, 2.05) is 23.9 Å². The fourth-order valence-corrected chi connectivity index (χ4v) is 2.28. The molecule has 1 aliphatic carbocycles. The highest BCUT2D eigenvalue weighted by Gasteiger charge is 2.44. The monoisotopic (exact) mass is 225 g/mol. The van der Waals surface area contributed by atoms with Crippen LogP contribution in [0.25, 0.3) is 0 Å². The maximum Gasteiger partial charge on any atom is 0.168 e. The predicted molar refractivity (Wildman–Crippen MR) is 62.2 cm³/mol. The van der Waals surface area contributed by atoms with Crippen molar-refractivity contribution in [3.05, 3.63) is 29.6 Å². The van der Waals surface area contributed by atoms with Gasteiger partial charge in [-0.1, -0.05) is 6.07 Å². The summed E-state index contributed by atoms with van der Waals surface area (Å²) < 4.78 is 0.221. The molecule has 15 heavy (non-hydrogen) atoms. The van der Waals surface area contributed by atoms with Crippen LogP contribution in [0.1, 0.15) is 29.0 Å². The van der Waals surface area contributed by atoms with E-state index in [-0.39, 0.29) is 4.75 Å². The third kappa shape index (κ3) is 2.58. The molecule has 0 aromatic carbocycles. The summed E-state index contributed by atoms with van der Waals surface area (Å²) in [5, 5.41) is 7.00. The van der Waals surface area contributed by atoms with Gasteiger partial charge in [0, 0.05) is 7.11 Å². The summed E-state index contributed by atoms with van der Waals surface area (Å²) in [6, 6.07) is 5.66. The van der Waals surface area contributed by atoms with Crippen LogP contribution in [0, 0.1) is 0 Å². The highest BCUT2D eigenvalue weighted by atomic mass is 32.2. The highest BCUT2D eigenvalue weighted by Crippen LogP contribution is 2.55. The lowest BCUT2D eigenvalue weighted by Crippen LogP contribution is -2.04. The minimum absolute atomic E-state index is 0.221. The Kier molecular flexibility index (Phi) is 4.29. The molecule has 0 aliphatic heterocycles. The van der Waals surface area contributed by atoms with E-state index in [1.54, 1.807) is 6.07 Å². The van der Waals surface area contributed by atoms with E-state index in [0.29, 0.717) is 5.69 Å². The molecule has 0 atom stereocenters. The average Bonchev–Trinajstić information content (AvgIpc) is 3.13. The van der Waals surface area contributed by atoms with Crippen molar-refractivity contribution in [3.8, 4) is 0 Å². The Bertz CT molecular complexity index is 337. The first-order chi connectivity index (χ1) is 7.30. The predicted octanol–water partition coefficient (Wildman–Crippen LogP) is 1.85. The van der Waals surface area contributed by atoms with Gasteiger partial charge in [-0.2, -0.15) is 11.8 Å². The van der Waals surface area contributed by atoms with E-state index < -0.39 is 0 Å². The number of aldehydes is 1. The topological polar surface area (TPSA) is 50.2 Å². The molecule has 1 aromatic heterocycles. The van der Waals surface area contributed by atoms with Crippen molar-refractivity contribution in [3.63, 3.8) is 0 Å². The Morgan fingerprint density at radius 1 is 1.47 bits per heavy atom. The van der Waals surface area contributed by atoms with Crippen LogP contribution >= 0.6 is 11.8 Å². The van der Waals surface area contributed by atoms with Crippen LogP contribution in [0.2, 0.25) is 0 Å². The van der Waals surface area contributed by atoms with E-state index >= 15 is 0 Å². The number of nitrogens with zero attached hydrogens (tertiary/aromatic N) is 1. The Balaban J connectivity index is 0.000000531. The van der Waals surface area contributed by atoms with Crippen molar-refractivity contribution in [2.24, 2.45) is 0 Å². The Hall–Kier alpha value is -0.870. The van der Waals surface area contributed by atoms with Crippen LogP contribution in [-0.2, 0) is 4.75 Å². The van der Waals surface area contributed by atoms with E-state index in [9.17, 15) is 4.79 Å². The number of aromatic nitrogens is 1. The van der Waals surface area contributed by atoms with Crippen molar-refractivity contribution in [1.29, 1.82) is 0 Å². The number of hydrogen-bond acceptors (Lipinski definition) is 4. The number of carbonyl (C=O) groups excluding carboxylic acids is 1. The zero-order chi connectivity index (χ0) is 11.3. The molecule has 1 aliphatic rings. The van der Waals surface area contributed by atoms with Gasteiger partial charge in [-0.15, -0.1) is 0 Å². The Morgan fingerprint density at radius 2 is 2.13 bits per heavy atom. The molecule has 0 radical (unpaired) electrons. The molecule has 0 saturated heterocycles. The number of aliphatic hydroxyl groups excluding tert-OH is 1. The molecule has 4 heteroatoms. The van der Waals surface area contributed by atoms with Gasteiger partial charge in [0.05, 0.1) is 10.4 Å². The third-order valence-electron chi connectivity index (χ3n) is 2.45. The van der Waals surface area contributed by atoms with E-state index in [0.717, 1.165) is 19.1 Å². The van der Waals surface area contributed by atoms with Gasteiger partial charge in [0.1, 0.15) is 5.69 Å². The van der Waals surface area contributed by atoms with Gasteiger partial charge in [0.25, 0.3) is 0 Å². The summed E-state index contributed by atoms with van der Waals surface area (Å²) >= 11 is 1.83. The lowest BCUT2D eigenvalue weighted by molar-refractivity contribution is 0.111. The number of carbonyl (C=O) groups is 1. The van der Waals surface area contributed by atoms with Crippen LogP contribution in [0.3, 0.4) is 0 Å². The molecule has 0 unspecified atom stereocenters. The number of pyridine rings is 1. The van der Waals surface area contributed by atoms with Gasteiger partial charge in [-0.25, -0.2) is 4.98 Å². The molecule has 82 valence electrons. The number of rotatable bonds is 3. The number of thioether (sulfide) groups is 1. The SMILES string of the molecule is CO.CSC1(c2cccc(C=O)n2)CC1. The molecule has 1 saturated carbocycles. The molecule has 1 fully saturated rings. The fraction of sp³-hybridized carbons (Fsp3) is 0.455. The van der Waals surface area contributed by atoms with Crippen LogP contribution in [-0.4, -0.2) is 29.7 Å². The van der Waals surface area contributed by atoms with E-state index in [2.05, 4.69) is 11.2 Å². The second-order valence-corrected chi connectivity index (χ2v) is 4.45. The molecule has 0 bridgehead atoms. The average molecular weight is 225 g/mol. The van der Waals surface area contributed by atoms with Gasteiger partial charge >= 0.3 is 0 Å². The van der Waals surface area contributed by atoms with Crippen LogP contribution in [0.15, 0.2) is 18.2 Å². The van der Waals surface area contributed by atoms with Crippen molar-refractivity contribution >= 4 is 18.0 Å². The second kappa shape index (κ2) is 5.28.